The SMILES string of the molecule is Cc1cccc(OCc2csc(C(=O)Nc3nc(-c4cnn(C)c4C)cs3)c2)c1C. The number of nitrogens with zero attached hydrogens (tertiary/aromatic N) is 3. The van der Waals surface area contributed by atoms with E-state index < -0.39 is 0 Å². The number of carbonyl (C=O) groups excluding carboxylic acids is 1. The average Bonchev–Trinajstić information content (AvgIpc) is 3.45. The maximum absolute atomic E-state index is 12.6. The topological polar surface area (TPSA) is 69.0 Å². The number of hydrogen-bond acceptors (Lipinski definition) is 6. The minimum absolute atomic E-state index is 0.165. The molecular formula is C22H22N4O2S2. The summed E-state index contributed by atoms with van der Waals surface area (Å²) in [5, 5.41) is 11.6. The van der Waals surface area contributed by atoms with Crippen LogP contribution in [-0.2, 0) is 13.7 Å². The van der Waals surface area contributed by atoms with E-state index in [0.29, 0.717) is 16.6 Å². The molecule has 8 heteroatoms. The van der Waals surface area contributed by atoms with Gasteiger partial charge >= 0.3 is 0 Å². The van der Waals surface area contributed by atoms with Crippen molar-refractivity contribution < 1.29 is 9.53 Å². The molecule has 4 aromatic rings. The van der Waals surface area contributed by atoms with Crippen molar-refractivity contribution in [2.24, 2.45) is 7.05 Å². The van der Waals surface area contributed by atoms with E-state index >= 15 is 0 Å². The summed E-state index contributed by atoms with van der Waals surface area (Å²) >= 11 is 2.80. The molecule has 1 aromatic carbocycles. The highest BCUT2D eigenvalue weighted by Crippen LogP contribution is 2.28. The largest absolute Gasteiger partial charge is 0.489 e. The number of amides is 1. The summed E-state index contributed by atoms with van der Waals surface area (Å²) in [4.78, 5) is 17.8. The van der Waals surface area contributed by atoms with Crippen molar-refractivity contribution in [2.75, 3.05) is 5.32 Å². The third kappa shape index (κ3) is 4.15. The monoisotopic (exact) mass is 438 g/mol. The molecule has 0 aliphatic rings. The van der Waals surface area contributed by atoms with Gasteiger partial charge in [-0.1, -0.05) is 12.1 Å². The highest BCUT2D eigenvalue weighted by Gasteiger charge is 2.15. The number of thiazole rings is 1. The van der Waals surface area contributed by atoms with Gasteiger partial charge in [-0.3, -0.25) is 14.8 Å². The van der Waals surface area contributed by atoms with Crippen molar-refractivity contribution in [1.82, 2.24) is 14.8 Å². The summed E-state index contributed by atoms with van der Waals surface area (Å²) in [6.07, 6.45) is 1.79. The molecule has 0 atom stereocenters. The maximum Gasteiger partial charge on any atom is 0.267 e. The third-order valence-electron chi connectivity index (χ3n) is 5.06. The van der Waals surface area contributed by atoms with Crippen LogP contribution in [0.15, 0.2) is 41.2 Å². The van der Waals surface area contributed by atoms with Crippen molar-refractivity contribution in [1.29, 1.82) is 0 Å². The van der Waals surface area contributed by atoms with Gasteiger partial charge in [-0.15, -0.1) is 22.7 Å². The van der Waals surface area contributed by atoms with Crippen molar-refractivity contribution >= 4 is 33.7 Å². The quantitative estimate of drug-likeness (QED) is 0.440. The van der Waals surface area contributed by atoms with Gasteiger partial charge in [0.2, 0.25) is 0 Å². The molecule has 1 amide bonds. The van der Waals surface area contributed by atoms with Crippen LogP contribution in [0.5, 0.6) is 5.75 Å². The molecule has 30 heavy (non-hydrogen) atoms. The number of aromatic nitrogens is 3. The van der Waals surface area contributed by atoms with Gasteiger partial charge in [0.25, 0.3) is 5.91 Å². The van der Waals surface area contributed by atoms with E-state index in [1.54, 1.807) is 10.9 Å². The lowest BCUT2D eigenvalue weighted by Gasteiger charge is -2.09. The van der Waals surface area contributed by atoms with Crippen molar-refractivity contribution in [3.8, 4) is 17.0 Å². The molecule has 0 radical (unpaired) electrons. The summed E-state index contributed by atoms with van der Waals surface area (Å²) in [6.45, 7) is 6.53. The van der Waals surface area contributed by atoms with Crippen LogP contribution in [0.4, 0.5) is 5.13 Å². The Morgan fingerprint density at radius 3 is 2.80 bits per heavy atom. The normalized spacial score (nSPS) is 10.9. The van der Waals surface area contributed by atoms with Crippen molar-refractivity contribution in [3.63, 3.8) is 0 Å². The Hall–Kier alpha value is -2.97. The lowest BCUT2D eigenvalue weighted by atomic mass is 10.1. The Labute approximate surface area is 183 Å². The Bertz CT molecular complexity index is 1210. The lowest BCUT2D eigenvalue weighted by molar-refractivity contribution is 0.103. The Kier molecular flexibility index (Phi) is 5.69. The molecule has 1 N–H and O–H groups in total. The Morgan fingerprint density at radius 1 is 1.20 bits per heavy atom. The highest BCUT2D eigenvalue weighted by molar-refractivity contribution is 7.14. The molecule has 3 aromatic heterocycles. The average molecular weight is 439 g/mol. The predicted molar refractivity (Wildman–Crippen MR) is 122 cm³/mol. The van der Waals surface area contributed by atoms with Crippen LogP contribution < -0.4 is 10.1 Å². The maximum atomic E-state index is 12.6. The summed E-state index contributed by atoms with van der Waals surface area (Å²) in [6, 6.07) is 7.88. The third-order valence-corrected chi connectivity index (χ3v) is 6.80. The molecule has 3 heterocycles. The lowest BCUT2D eigenvalue weighted by Crippen LogP contribution is -2.10. The molecule has 0 saturated carbocycles. The van der Waals surface area contributed by atoms with E-state index in [1.165, 1.54) is 28.2 Å². The Balaban J connectivity index is 1.40. The fourth-order valence-electron chi connectivity index (χ4n) is 2.98. The second kappa shape index (κ2) is 8.41. The smallest absolute Gasteiger partial charge is 0.267 e. The first-order chi connectivity index (χ1) is 14.4. The van der Waals surface area contributed by atoms with Crippen LogP contribution in [0.3, 0.4) is 0 Å². The summed E-state index contributed by atoms with van der Waals surface area (Å²) < 4.78 is 7.74. The number of anilines is 1. The van der Waals surface area contributed by atoms with Crippen LogP contribution in [-0.4, -0.2) is 20.7 Å². The van der Waals surface area contributed by atoms with Crippen LogP contribution in [0.2, 0.25) is 0 Å². The molecule has 0 fully saturated rings. The molecule has 154 valence electrons. The zero-order chi connectivity index (χ0) is 21.3. The second-order valence-electron chi connectivity index (χ2n) is 7.07. The van der Waals surface area contributed by atoms with Gasteiger partial charge in [0.05, 0.1) is 16.8 Å². The van der Waals surface area contributed by atoms with E-state index in [2.05, 4.69) is 28.4 Å². The summed E-state index contributed by atoms with van der Waals surface area (Å²) in [5.41, 5.74) is 6.11. The molecule has 6 nitrogen and oxygen atoms in total. The summed E-state index contributed by atoms with van der Waals surface area (Å²) in [5.74, 6) is 0.704. The van der Waals surface area contributed by atoms with Crippen LogP contribution in [0.1, 0.15) is 32.1 Å². The van der Waals surface area contributed by atoms with Crippen LogP contribution >= 0.6 is 22.7 Å². The number of ether oxygens (including phenoxy) is 1. The van der Waals surface area contributed by atoms with E-state index in [0.717, 1.165) is 33.8 Å². The van der Waals surface area contributed by atoms with Gasteiger partial charge in [-0.2, -0.15) is 5.10 Å². The number of nitrogens with one attached hydrogen (secondary N) is 1. The zero-order valence-electron chi connectivity index (χ0n) is 17.2. The number of benzene rings is 1. The zero-order valence-corrected chi connectivity index (χ0v) is 18.9. The Morgan fingerprint density at radius 2 is 2.03 bits per heavy atom. The van der Waals surface area contributed by atoms with Gasteiger partial charge in [-0.25, -0.2) is 4.98 Å². The second-order valence-corrected chi connectivity index (χ2v) is 8.83. The predicted octanol–water partition coefficient (Wildman–Crippen LogP) is 5.36. The molecule has 0 aliphatic heterocycles. The number of aryl methyl sites for hydroxylation is 2. The number of rotatable bonds is 6. The molecule has 0 saturated heterocycles. The van der Waals surface area contributed by atoms with E-state index in [-0.39, 0.29) is 5.91 Å². The van der Waals surface area contributed by atoms with Crippen LogP contribution in [0.25, 0.3) is 11.3 Å². The number of hydrogen-bond donors (Lipinski definition) is 1. The minimum Gasteiger partial charge on any atom is -0.489 e. The van der Waals surface area contributed by atoms with E-state index in [1.807, 2.05) is 49.9 Å². The van der Waals surface area contributed by atoms with Crippen molar-refractivity contribution in [2.45, 2.75) is 27.4 Å². The summed E-state index contributed by atoms with van der Waals surface area (Å²) in [7, 11) is 1.90. The molecule has 0 bridgehead atoms. The van der Waals surface area contributed by atoms with Crippen molar-refractivity contribution in [3.05, 3.63) is 68.5 Å². The molecule has 0 aliphatic carbocycles. The van der Waals surface area contributed by atoms with E-state index in [4.69, 9.17) is 4.74 Å². The highest BCUT2D eigenvalue weighted by atomic mass is 32.1. The van der Waals surface area contributed by atoms with Gasteiger partial charge in [0.1, 0.15) is 12.4 Å². The molecule has 0 spiro atoms. The fraction of sp³-hybridized carbons (Fsp3) is 0.227. The molecule has 4 rings (SSSR count). The number of carbonyl (C=O) groups is 1. The molecular weight excluding hydrogens is 416 g/mol. The van der Waals surface area contributed by atoms with Gasteiger partial charge in [0, 0.05) is 29.2 Å². The number of thiophene rings is 1. The standard InChI is InChI=1S/C22H22N4O2S2/c1-13-6-5-7-19(14(13)2)28-10-16-8-20(29-11-16)21(27)25-22-24-18(12-30-22)17-9-23-26(4)15(17)3/h5-9,11-12H,10H2,1-4H3,(H,24,25,27). The first-order valence-corrected chi connectivity index (χ1v) is 11.2. The first kappa shape index (κ1) is 20.3. The van der Waals surface area contributed by atoms with Gasteiger partial charge < -0.3 is 4.74 Å². The fourth-order valence-corrected chi connectivity index (χ4v) is 4.47. The minimum atomic E-state index is -0.165. The van der Waals surface area contributed by atoms with Gasteiger partial charge in [-0.05, 0) is 49.4 Å². The van der Waals surface area contributed by atoms with E-state index in [9.17, 15) is 4.79 Å². The first-order valence-electron chi connectivity index (χ1n) is 9.44. The van der Waals surface area contributed by atoms with Crippen LogP contribution in [0, 0.1) is 20.8 Å². The molecule has 0 unspecified atom stereocenters. The van der Waals surface area contributed by atoms with Gasteiger partial charge in [0.15, 0.2) is 5.13 Å².